The summed E-state index contributed by atoms with van der Waals surface area (Å²) >= 11 is 0. The lowest BCUT2D eigenvalue weighted by Crippen LogP contribution is -2.31. The minimum atomic E-state index is -0.126. The number of ether oxygens (including phenoxy) is 1. The summed E-state index contributed by atoms with van der Waals surface area (Å²) < 4.78 is 7.67. The smallest absolute Gasteiger partial charge is 0.263 e. The first-order valence-electron chi connectivity index (χ1n) is 12.5. The van der Waals surface area contributed by atoms with Gasteiger partial charge < -0.3 is 9.64 Å². The predicted molar refractivity (Wildman–Crippen MR) is 139 cm³/mol. The molecule has 0 unspecified atom stereocenters. The van der Waals surface area contributed by atoms with Gasteiger partial charge in [-0.15, -0.1) is 0 Å². The lowest BCUT2D eigenvalue weighted by molar-refractivity contribution is 0.104. The minimum Gasteiger partial charge on any atom is -0.494 e. The second kappa shape index (κ2) is 9.16. The molecule has 1 aliphatic carbocycles. The zero-order valence-corrected chi connectivity index (χ0v) is 19.7. The maximum atomic E-state index is 13.7. The number of carbonyl (C=O) groups excluding carboxylic acids is 1. The van der Waals surface area contributed by atoms with E-state index in [2.05, 4.69) is 4.90 Å². The molecule has 2 heterocycles. The van der Waals surface area contributed by atoms with Crippen molar-refractivity contribution < 1.29 is 9.53 Å². The van der Waals surface area contributed by atoms with Crippen molar-refractivity contribution in [2.24, 2.45) is 0 Å². The summed E-state index contributed by atoms with van der Waals surface area (Å²) in [4.78, 5) is 29.6. The molecular formula is C30H28N2O3. The van der Waals surface area contributed by atoms with Gasteiger partial charge in [-0.2, -0.15) is 0 Å². The van der Waals surface area contributed by atoms with Gasteiger partial charge in [-0.1, -0.05) is 48.9 Å². The molecule has 3 aromatic carbocycles. The standard InChI is InChI=1S/C30H28N2O3/c33-29-25-11-4-3-10-24(25)28-27(29)23-9-2-5-12-26(23)30(34)32(28)21-13-15-22(16-14-21)35-20-8-19-31-17-6-1-7-18-31/h2-5,9-16H,1,6-8,17-20H2. The van der Waals surface area contributed by atoms with Gasteiger partial charge in [0.25, 0.3) is 5.56 Å². The van der Waals surface area contributed by atoms with Crippen molar-refractivity contribution in [2.45, 2.75) is 25.7 Å². The molecule has 2 aliphatic rings. The molecule has 0 amide bonds. The zero-order valence-electron chi connectivity index (χ0n) is 19.7. The number of piperidine rings is 1. The molecule has 176 valence electrons. The molecule has 1 saturated heterocycles. The van der Waals surface area contributed by atoms with Gasteiger partial charge in [0.1, 0.15) is 5.75 Å². The van der Waals surface area contributed by atoms with Crippen LogP contribution >= 0.6 is 0 Å². The van der Waals surface area contributed by atoms with Crippen LogP contribution in [0.15, 0.2) is 77.6 Å². The molecule has 5 nitrogen and oxygen atoms in total. The molecule has 0 atom stereocenters. The maximum absolute atomic E-state index is 13.7. The van der Waals surface area contributed by atoms with E-state index in [0.717, 1.165) is 30.0 Å². The minimum absolute atomic E-state index is 0.0331. The molecule has 0 N–H and O–H groups in total. The highest BCUT2D eigenvalue weighted by molar-refractivity contribution is 6.26. The lowest BCUT2D eigenvalue weighted by Gasteiger charge is -2.26. The summed E-state index contributed by atoms with van der Waals surface area (Å²) in [5, 5.41) is 1.25. The van der Waals surface area contributed by atoms with Crippen LogP contribution in [0.2, 0.25) is 0 Å². The second-order valence-corrected chi connectivity index (χ2v) is 9.38. The number of ketones is 1. The van der Waals surface area contributed by atoms with E-state index >= 15 is 0 Å². The Kier molecular flexibility index (Phi) is 5.71. The van der Waals surface area contributed by atoms with E-state index < -0.39 is 0 Å². The van der Waals surface area contributed by atoms with Gasteiger partial charge in [-0.25, -0.2) is 0 Å². The largest absolute Gasteiger partial charge is 0.494 e. The quantitative estimate of drug-likeness (QED) is 0.313. The van der Waals surface area contributed by atoms with Crippen molar-refractivity contribution >= 4 is 16.6 Å². The fraction of sp³-hybridized carbons (Fsp3) is 0.267. The fourth-order valence-corrected chi connectivity index (χ4v) is 5.46. The molecule has 5 heteroatoms. The summed E-state index contributed by atoms with van der Waals surface area (Å²) in [7, 11) is 0. The van der Waals surface area contributed by atoms with E-state index in [1.807, 2.05) is 66.7 Å². The van der Waals surface area contributed by atoms with E-state index in [9.17, 15) is 9.59 Å². The van der Waals surface area contributed by atoms with Crippen LogP contribution in [-0.4, -0.2) is 41.5 Å². The van der Waals surface area contributed by atoms with E-state index in [0.29, 0.717) is 34.2 Å². The second-order valence-electron chi connectivity index (χ2n) is 9.38. The highest BCUT2D eigenvalue weighted by Gasteiger charge is 2.32. The number of nitrogens with zero attached hydrogens (tertiary/aromatic N) is 2. The Labute approximate surface area is 204 Å². The van der Waals surface area contributed by atoms with Gasteiger partial charge in [0.15, 0.2) is 5.78 Å². The number of likely N-dealkylation sites (tertiary alicyclic amines) is 1. The first-order chi connectivity index (χ1) is 17.2. The van der Waals surface area contributed by atoms with E-state index in [1.165, 1.54) is 32.4 Å². The van der Waals surface area contributed by atoms with Crippen molar-refractivity contribution in [3.8, 4) is 22.7 Å². The van der Waals surface area contributed by atoms with Crippen LogP contribution < -0.4 is 10.3 Å². The monoisotopic (exact) mass is 464 g/mol. The molecule has 1 aliphatic heterocycles. The third-order valence-electron chi connectivity index (χ3n) is 7.18. The molecule has 6 rings (SSSR count). The third-order valence-corrected chi connectivity index (χ3v) is 7.18. The zero-order chi connectivity index (χ0) is 23.8. The van der Waals surface area contributed by atoms with Gasteiger partial charge in [-0.05, 0) is 62.7 Å². The number of rotatable bonds is 6. The van der Waals surface area contributed by atoms with Crippen LogP contribution in [0.5, 0.6) is 5.75 Å². The van der Waals surface area contributed by atoms with Crippen molar-refractivity contribution in [1.29, 1.82) is 0 Å². The molecular weight excluding hydrogens is 436 g/mol. The average molecular weight is 465 g/mol. The number of benzene rings is 3. The molecule has 0 radical (unpaired) electrons. The van der Waals surface area contributed by atoms with Crippen molar-refractivity contribution in [1.82, 2.24) is 9.47 Å². The molecule has 1 fully saturated rings. The summed E-state index contributed by atoms with van der Waals surface area (Å²) in [6, 6.07) is 22.5. The first-order valence-corrected chi connectivity index (χ1v) is 12.5. The Balaban J connectivity index is 1.32. The topological polar surface area (TPSA) is 51.5 Å². The van der Waals surface area contributed by atoms with Gasteiger partial charge in [0.05, 0.1) is 17.9 Å². The molecule has 4 aromatic rings. The van der Waals surface area contributed by atoms with Crippen molar-refractivity contribution in [3.05, 3.63) is 94.3 Å². The Morgan fingerprint density at radius 3 is 2.20 bits per heavy atom. The number of fused-ring (bicyclic) bond motifs is 5. The van der Waals surface area contributed by atoms with Crippen LogP contribution in [0.4, 0.5) is 0 Å². The molecule has 0 spiro atoms. The summed E-state index contributed by atoms with van der Waals surface area (Å²) in [5.74, 6) is 0.753. The van der Waals surface area contributed by atoms with Crippen molar-refractivity contribution in [2.75, 3.05) is 26.2 Å². The number of aromatic nitrogens is 1. The summed E-state index contributed by atoms with van der Waals surface area (Å²) in [6.07, 6.45) is 4.95. The summed E-state index contributed by atoms with van der Waals surface area (Å²) in [5.41, 5.74) is 3.30. The van der Waals surface area contributed by atoms with Gasteiger partial charge in [0, 0.05) is 34.1 Å². The summed E-state index contributed by atoms with van der Waals surface area (Å²) in [6.45, 7) is 4.14. The number of hydrogen-bond donors (Lipinski definition) is 0. The van der Waals surface area contributed by atoms with E-state index in [-0.39, 0.29) is 11.3 Å². The predicted octanol–water partition coefficient (Wildman–Crippen LogP) is 5.46. The number of pyridine rings is 1. The molecule has 0 saturated carbocycles. The Bertz CT molecular complexity index is 1460. The Hall–Kier alpha value is -3.70. The highest BCUT2D eigenvalue weighted by Crippen LogP contribution is 2.40. The lowest BCUT2D eigenvalue weighted by atomic mass is 10.0. The normalized spacial score (nSPS) is 15.3. The van der Waals surface area contributed by atoms with Crippen LogP contribution in [0.1, 0.15) is 41.6 Å². The fourth-order valence-electron chi connectivity index (χ4n) is 5.46. The number of hydrogen-bond acceptors (Lipinski definition) is 4. The maximum Gasteiger partial charge on any atom is 0.263 e. The Morgan fingerprint density at radius 2 is 1.43 bits per heavy atom. The average Bonchev–Trinajstić information content (AvgIpc) is 3.21. The number of carbonyl (C=O) groups is 1. The van der Waals surface area contributed by atoms with Gasteiger partial charge >= 0.3 is 0 Å². The van der Waals surface area contributed by atoms with E-state index in [1.54, 1.807) is 10.6 Å². The first kappa shape index (κ1) is 21.8. The van der Waals surface area contributed by atoms with Gasteiger partial charge in [0.2, 0.25) is 0 Å². The molecule has 0 bridgehead atoms. The van der Waals surface area contributed by atoms with Gasteiger partial charge in [-0.3, -0.25) is 14.2 Å². The van der Waals surface area contributed by atoms with Crippen LogP contribution in [0.25, 0.3) is 27.7 Å². The van der Waals surface area contributed by atoms with E-state index in [4.69, 9.17) is 4.74 Å². The SMILES string of the molecule is O=C1c2ccccc2-c2c1c1ccccc1c(=O)n2-c1ccc(OCCCN2CCCCC2)cc1. The highest BCUT2D eigenvalue weighted by atomic mass is 16.5. The van der Waals surface area contributed by atoms with Crippen LogP contribution in [-0.2, 0) is 0 Å². The molecule has 1 aromatic heterocycles. The Morgan fingerprint density at radius 1 is 0.743 bits per heavy atom. The van der Waals surface area contributed by atoms with Crippen LogP contribution in [0.3, 0.4) is 0 Å². The molecule has 35 heavy (non-hydrogen) atoms. The van der Waals surface area contributed by atoms with Crippen molar-refractivity contribution in [3.63, 3.8) is 0 Å². The van der Waals surface area contributed by atoms with Crippen LogP contribution in [0, 0.1) is 0 Å². The third kappa shape index (κ3) is 3.86.